The van der Waals surface area contributed by atoms with Crippen LogP contribution in [0.4, 0.5) is 0 Å². The Morgan fingerprint density at radius 1 is 1.07 bits per heavy atom. The molecule has 3 aromatic carbocycles. The highest BCUT2D eigenvalue weighted by atomic mass is 16.5. The average Bonchev–Trinajstić information content (AvgIpc) is 3.16. The SMILES string of the molecule is COc1ccccc1-c1cccc(-n2cnc3cc(C(C)NC(C)=O)ccc32)c1. The number of nitrogens with zero attached hydrogens (tertiary/aromatic N) is 2. The minimum absolute atomic E-state index is 0.0451. The number of imidazole rings is 1. The van der Waals surface area contributed by atoms with Crippen LogP contribution < -0.4 is 10.1 Å². The molecule has 0 aliphatic heterocycles. The first-order valence-electron chi connectivity index (χ1n) is 9.55. The van der Waals surface area contributed by atoms with E-state index in [2.05, 4.69) is 39.1 Å². The number of fused-ring (bicyclic) bond motifs is 1. The van der Waals surface area contributed by atoms with Crippen LogP contribution in [0.1, 0.15) is 25.5 Å². The van der Waals surface area contributed by atoms with Gasteiger partial charge >= 0.3 is 0 Å². The van der Waals surface area contributed by atoms with E-state index in [9.17, 15) is 4.79 Å². The first-order valence-corrected chi connectivity index (χ1v) is 9.55. The lowest BCUT2D eigenvalue weighted by atomic mass is 10.0. The number of amides is 1. The standard InChI is InChI=1S/C24H23N3O2/c1-16(26-17(2)28)18-11-12-23-22(14-18)25-15-27(23)20-8-6-7-19(13-20)21-9-4-5-10-24(21)29-3/h4-16H,1-3H3,(H,26,28). The van der Waals surface area contributed by atoms with Crippen molar-refractivity contribution in [3.8, 4) is 22.6 Å². The summed E-state index contributed by atoms with van der Waals surface area (Å²) < 4.78 is 7.59. The molecule has 1 N–H and O–H groups in total. The van der Waals surface area contributed by atoms with E-state index >= 15 is 0 Å². The van der Waals surface area contributed by atoms with Crippen molar-refractivity contribution < 1.29 is 9.53 Å². The molecule has 1 atom stereocenters. The van der Waals surface area contributed by atoms with Gasteiger partial charge in [-0.25, -0.2) is 4.98 Å². The predicted molar refractivity (Wildman–Crippen MR) is 115 cm³/mol. The van der Waals surface area contributed by atoms with E-state index in [-0.39, 0.29) is 11.9 Å². The van der Waals surface area contributed by atoms with Crippen LogP contribution in [0.2, 0.25) is 0 Å². The molecule has 1 amide bonds. The molecule has 146 valence electrons. The van der Waals surface area contributed by atoms with E-state index in [4.69, 9.17) is 4.74 Å². The van der Waals surface area contributed by atoms with E-state index in [1.165, 1.54) is 6.92 Å². The molecular formula is C24H23N3O2. The van der Waals surface area contributed by atoms with Crippen molar-refractivity contribution in [2.75, 3.05) is 7.11 Å². The fraction of sp³-hybridized carbons (Fsp3) is 0.167. The summed E-state index contributed by atoms with van der Waals surface area (Å²) in [4.78, 5) is 15.9. The highest BCUT2D eigenvalue weighted by molar-refractivity contribution is 5.80. The quantitative estimate of drug-likeness (QED) is 0.532. The van der Waals surface area contributed by atoms with E-state index in [0.717, 1.165) is 39.2 Å². The van der Waals surface area contributed by atoms with Crippen LogP contribution in [0.15, 0.2) is 73.1 Å². The van der Waals surface area contributed by atoms with Crippen molar-refractivity contribution in [3.05, 3.63) is 78.6 Å². The largest absolute Gasteiger partial charge is 0.496 e. The fourth-order valence-electron chi connectivity index (χ4n) is 3.60. The number of ether oxygens (including phenoxy) is 1. The third-order valence-corrected chi connectivity index (χ3v) is 5.03. The number of hydrogen-bond acceptors (Lipinski definition) is 3. The number of aromatic nitrogens is 2. The highest BCUT2D eigenvalue weighted by Crippen LogP contribution is 2.31. The lowest BCUT2D eigenvalue weighted by Crippen LogP contribution is -2.23. The van der Waals surface area contributed by atoms with Gasteiger partial charge in [-0.1, -0.05) is 36.4 Å². The Morgan fingerprint density at radius 3 is 2.69 bits per heavy atom. The van der Waals surface area contributed by atoms with Crippen molar-refractivity contribution in [2.24, 2.45) is 0 Å². The highest BCUT2D eigenvalue weighted by Gasteiger charge is 2.12. The van der Waals surface area contributed by atoms with E-state index in [1.54, 1.807) is 7.11 Å². The molecular weight excluding hydrogens is 362 g/mol. The van der Waals surface area contributed by atoms with Crippen LogP contribution in [0.3, 0.4) is 0 Å². The van der Waals surface area contributed by atoms with Crippen molar-refractivity contribution in [2.45, 2.75) is 19.9 Å². The molecule has 0 bridgehead atoms. The van der Waals surface area contributed by atoms with E-state index < -0.39 is 0 Å². The van der Waals surface area contributed by atoms with Crippen LogP contribution in [-0.2, 0) is 4.79 Å². The van der Waals surface area contributed by atoms with Crippen molar-refractivity contribution in [3.63, 3.8) is 0 Å². The fourth-order valence-corrected chi connectivity index (χ4v) is 3.60. The number of carbonyl (C=O) groups is 1. The van der Waals surface area contributed by atoms with Crippen LogP contribution in [0.5, 0.6) is 5.75 Å². The van der Waals surface area contributed by atoms with Crippen LogP contribution in [0, 0.1) is 0 Å². The van der Waals surface area contributed by atoms with Gasteiger partial charge in [-0.3, -0.25) is 9.36 Å². The zero-order chi connectivity index (χ0) is 20.4. The summed E-state index contributed by atoms with van der Waals surface area (Å²) in [6, 6.07) is 22.4. The van der Waals surface area contributed by atoms with Gasteiger partial charge in [-0.15, -0.1) is 0 Å². The molecule has 0 radical (unpaired) electrons. The molecule has 5 nitrogen and oxygen atoms in total. The van der Waals surface area contributed by atoms with Gasteiger partial charge in [-0.05, 0) is 48.4 Å². The molecule has 4 rings (SSSR count). The Kier molecular flexibility index (Phi) is 5.04. The number of rotatable bonds is 5. The van der Waals surface area contributed by atoms with Crippen LogP contribution in [0.25, 0.3) is 27.8 Å². The van der Waals surface area contributed by atoms with Gasteiger partial charge in [0.2, 0.25) is 5.91 Å². The minimum Gasteiger partial charge on any atom is -0.496 e. The molecule has 29 heavy (non-hydrogen) atoms. The van der Waals surface area contributed by atoms with Gasteiger partial charge in [-0.2, -0.15) is 0 Å². The van der Waals surface area contributed by atoms with Gasteiger partial charge < -0.3 is 10.1 Å². The first-order chi connectivity index (χ1) is 14.1. The number of nitrogens with one attached hydrogen (secondary N) is 1. The summed E-state index contributed by atoms with van der Waals surface area (Å²) in [5, 5.41) is 2.91. The number of benzene rings is 3. The van der Waals surface area contributed by atoms with Gasteiger partial charge in [0.1, 0.15) is 12.1 Å². The topological polar surface area (TPSA) is 56.1 Å². The Balaban J connectivity index is 1.73. The maximum Gasteiger partial charge on any atom is 0.217 e. The summed E-state index contributed by atoms with van der Waals surface area (Å²) in [5.41, 5.74) is 6.09. The van der Waals surface area contributed by atoms with Gasteiger partial charge in [0.05, 0.1) is 24.2 Å². The van der Waals surface area contributed by atoms with Crippen molar-refractivity contribution >= 4 is 16.9 Å². The third-order valence-electron chi connectivity index (χ3n) is 5.03. The molecule has 4 aromatic rings. The van der Waals surface area contributed by atoms with Crippen molar-refractivity contribution in [1.82, 2.24) is 14.9 Å². The van der Waals surface area contributed by atoms with Crippen LogP contribution in [-0.4, -0.2) is 22.6 Å². The Bertz CT molecular complexity index is 1180. The summed E-state index contributed by atoms with van der Waals surface area (Å²) in [6.45, 7) is 3.49. The molecule has 0 fully saturated rings. The second-order valence-corrected chi connectivity index (χ2v) is 7.04. The van der Waals surface area contributed by atoms with Gasteiger partial charge in [0, 0.05) is 18.2 Å². The zero-order valence-corrected chi connectivity index (χ0v) is 16.7. The molecule has 1 aromatic heterocycles. The summed E-state index contributed by atoms with van der Waals surface area (Å²) in [7, 11) is 1.69. The Morgan fingerprint density at radius 2 is 1.90 bits per heavy atom. The molecule has 1 heterocycles. The zero-order valence-electron chi connectivity index (χ0n) is 16.7. The normalized spacial score (nSPS) is 12.0. The summed E-state index contributed by atoms with van der Waals surface area (Å²) >= 11 is 0. The molecule has 0 aliphatic rings. The van der Waals surface area contributed by atoms with Crippen molar-refractivity contribution in [1.29, 1.82) is 0 Å². The summed E-state index contributed by atoms with van der Waals surface area (Å²) in [6.07, 6.45) is 1.83. The maximum absolute atomic E-state index is 11.3. The predicted octanol–water partition coefficient (Wildman–Crippen LogP) is 4.90. The molecule has 0 saturated carbocycles. The van der Waals surface area contributed by atoms with E-state index in [0.29, 0.717) is 0 Å². The molecule has 0 aliphatic carbocycles. The summed E-state index contributed by atoms with van der Waals surface area (Å²) in [5.74, 6) is 0.799. The number of para-hydroxylation sites is 1. The molecule has 0 saturated heterocycles. The number of carbonyl (C=O) groups excluding carboxylic acids is 1. The molecule has 1 unspecified atom stereocenters. The second kappa shape index (κ2) is 7.80. The molecule has 0 spiro atoms. The van der Waals surface area contributed by atoms with Gasteiger partial charge in [0.15, 0.2) is 0 Å². The number of hydrogen-bond donors (Lipinski definition) is 1. The Hall–Kier alpha value is -3.60. The van der Waals surface area contributed by atoms with Crippen LogP contribution >= 0.6 is 0 Å². The van der Waals surface area contributed by atoms with E-state index in [1.807, 2.05) is 55.7 Å². The Labute approximate surface area is 170 Å². The number of methoxy groups -OCH3 is 1. The maximum atomic E-state index is 11.3. The smallest absolute Gasteiger partial charge is 0.217 e. The minimum atomic E-state index is -0.0593. The lowest BCUT2D eigenvalue weighted by molar-refractivity contribution is -0.119. The average molecular weight is 385 g/mol. The van der Waals surface area contributed by atoms with Gasteiger partial charge in [0.25, 0.3) is 0 Å². The monoisotopic (exact) mass is 385 g/mol. The molecule has 5 heteroatoms. The second-order valence-electron chi connectivity index (χ2n) is 7.04. The lowest BCUT2D eigenvalue weighted by Gasteiger charge is -2.13. The first kappa shape index (κ1) is 18.7. The third kappa shape index (κ3) is 3.72.